The van der Waals surface area contributed by atoms with Gasteiger partial charge in [-0.15, -0.1) is 10.2 Å². The number of aromatic nitrogens is 2. The molecule has 18 heavy (non-hydrogen) atoms. The van der Waals surface area contributed by atoms with Gasteiger partial charge in [-0.25, -0.2) is 13.2 Å². The highest BCUT2D eigenvalue weighted by atomic mass is 32.2. The van der Waals surface area contributed by atoms with Gasteiger partial charge in [0.2, 0.25) is 0 Å². The standard InChI is InChI=1S/C10H11N3O4S/c1-17-10(14)8-2-3-9(13-12-8)11-7-4-5-18(15,16)6-7/h2-5,7H,6H2,1H3,(H,11,13). The van der Waals surface area contributed by atoms with Crippen molar-refractivity contribution in [1.29, 1.82) is 0 Å². The summed E-state index contributed by atoms with van der Waals surface area (Å²) in [4.78, 5) is 11.1. The molecule has 0 spiro atoms. The van der Waals surface area contributed by atoms with E-state index < -0.39 is 15.8 Å². The third-order valence-electron chi connectivity index (χ3n) is 2.32. The third-order valence-corrected chi connectivity index (χ3v) is 3.72. The fourth-order valence-corrected chi connectivity index (χ4v) is 2.71. The summed E-state index contributed by atoms with van der Waals surface area (Å²) in [6.07, 6.45) is 1.55. The Morgan fingerprint density at radius 3 is 2.72 bits per heavy atom. The molecule has 0 bridgehead atoms. The van der Waals surface area contributed by atoms with Crippen molar-refractivity contribution in [2.24, 2.45) is 0 Å². The fraction of sp³-hybridized carbons (Fsp3) is 0.300. The molecule has 0 fully saturated rings. The summed E-state index contributed by atoms with van der Waals surface area (Å²) < 4.78 is 26.9. The van der Waals surface area contributed by atoms with Crippen molar-refractivity contribution >= 4 is 21.6 Å². The first-order valence-corrected chi connectivity index (χ1v) is 6.81. The van der Waals surface area contributed by atoms with Crippen LogP contribution in [0.5, 0.6) is 0 Å². The van der Waals surface area contributed by atoms with Gasteiger partial charge in [-0.1, -0.05) is 0 Å². The van der Waals surface area contributed by atoms with E-state index >= 15 is 0 Å². The zero-order valence-corrected chi connectivity index (χ0v) is 10.3. The van der Waals surface area contributed by atoms with E-state index in [1.54, 1.807) is 6.08 Å². The molecule has 1 unspecified atom stereocenters. The molecule has 0 saturated carbocycles. The minimum absolute atomic E-state index is 0.00651. The Balaban J connectivity index is 2.04. The number of carbonyl (C=O) groups excluding carboxylic acids is 1. The van der Waals surface area contributed by atoms with Crippen molar-refractivity contribution in [1.82, 2.24) is 10.2 Å². The first kappa shape index (κ1) is 12.5. The maximum Gasteiger partial charge on any atom is 0.358 e. The Morgan fingerprint density at radius 1 is 1.44 bits per heavy atom. The Kier molecular flexibility index (Phi) is 3.28. The molecule has 7 nitrogen and oxygen atoms in total. The van der Waals surface area contributed by atoms with Crippen molar-refractivity contribution in [3.05, 3.63) is 29.3 Å². The normalized spacial score (nSPS) is 20.6. The summed E-state index contributed by atoms with van der Waals surface area (Å²) in [7, 11) is -1.85. The molecule has 1 aliphatic rings. The molecule has 1 atom stereocenters. The van der Waals surface area contributed by atoms with Crippen LogP contribution < -0.4 is 5.32 Å². The van der Waals surface area contributed by atoms with Crippen LogP contribution in [0.3, 0.4) is 0 Å². The molecule has 1 aromatic rings. The van der Waals surface area contributed by atoms with E-state index in [0.717, 1.165) is 0 Å². The molecule has 1 N–H and O–H groups in total. The number of hydrogen-bond acceptors (Lipinski definition) is 7. The van der Waals surface area contributed by atoms with Crippen molar-refractivity contribution in [3.8, 4) is 0 Å². The van der Waals surface area contributed by atoms with E-state index in [0.29, 0.717) is 5.82 Å². The van der Waals surface area contributed by atoms with Gasteiger partial charge >= 0.3 is 5.97 Å². The Hall–Kier alpha value is -1.96. The maximum absolute atomic E-state index is 11.2. The van der Waals surface area contributed by atoms with Crippen LogP contribution in [0.15, 0.2) is 23.6 Å². The molecule has 96 valence electrons. The average molecular weight is 269 g/mol. The van der Waals surface area contributed by atoms with Gasteiger partial charge in [-0.05, 0) is 18.2 Å². The monoisotopic (exact) mass is 269 g/mol. The van der Waals surface area contributed by atoms with Gasteiger partial charge in [0.15, 0.2) is 15.5 Å². The summed E-state index contributed by atoms with van der Waals surface area (Å²) >= 11 is 0. The minimum atomic E-state index is -3.11. The molecule has 2 rings (SSSR count). The fourth-order valence-electron chi connectivity index (χ4n) is 1.48. The van der Waals surface area contributed by atoms with E-state index in [1.165, 1.54) is 24.7 Å². The topological polar surface area (TPSA) is 98.2 Å². The molecule has 0 saturated heterocycles. The number of hydrogen-bond donors (Lipinski definition) is 1. The van der Waals surface area contributed by atoms with Gasteiger partial charge < -0.3 is 10.1 Å². The summed E-state index contributed by atoms with van der Waals surface area (Å²) in [5.74, 6) is -0.181. The van der Waals surface area contributed by atoms with Crippen LogP contribution in [0.2, 0.25) is 0 Å². The van der Waals surface area contributed by atoms with Crippen LogP contribution in [-0.4, -0.2) is 43.5 Å². The number of methoxy groups -OCH3 is 1. The molecule has 2 heterocycles. The molecule has 1 aromatic heterocycles. The Bertz CT molecular complexity index is 580. The first-order chi connectivity index (χ1) is 8.50. The van der Waals surface area contributed by atoms with Gasteiger partial charge in [0.05, 0.1) is 18.9 Å². The van der Waals surface area contributed by atoms with E-state index in [1.807, 2.05) is 0 Å². The molecule has 0 aromatic carbocycles. The van der Waals surface area contributed by atoms with E-state index in [9.17, 15) is 13.2 Å². The zero-order valence-electron chi connectivity index (χ0n) is 9.53. The number of carbonyl (C=O) groups is 1. The van der Waals surface area contributed by atoms with Crippen LogP contribution in [0, 0.1) is 0 Å². The van der Waals surface area contributed by atoms with E-state index in [4.69, 9.17) is 0 Å². The quantitative estimate of drug-likeness (QED) is 0.770. The Morgan fingerprint density at radius 2 is 2.22 bits per heavy atom. The van der Waals surface area contributed by atoms with Crippen molar-refractivity contribution < 1.29 is 17.9 Å². The maximum atomic E-state index is 11.2. The number of anilines is 1. The summed E-state index contributed by atoms with van der Waals surface area (Å²) in [6, 6.07) is 2.67. The SMILES string of the molecule is COC(=O)c1ccc(NC2C=CS(=O)(=O)C2)nn1. The van der Waals surface area contributed by atoms with Crippen molar-refractivity contribution in [2.75, 3.05) is 18.2 Å². The lowest BCUT2D eigenvalue weighted by Crippen LogP contribution is -2.22. The lowest BCUT2D eigenvalue weighted by molar-refractivity contribution is 0.0593. The average Bonchev–Trinajstić information content (AvgIpc) is 2.68. The number of ether oxygens (including phenoxy) is 1. The highest BCUT2D eigenvalue weighted by Gasteiger charge is 2.21. The predicted octanol–water partition coefficient (Wildman–Crippen LogP) is -0.0142. The molecule has 0 amide bonds. The molecule has 0 aliphatic carbocycles. The highest BCUT2D eigenvalue weighted by Crippen LogP contribution is 2.13. The van der Waals surface area contributed by atoms with Crippen LogP contribution in [-0.2, 0) is 14.6 Å². The largest absolute Gasteiger partial charge is 0.464 e. The number of esters is 1. The summed E-state index contributed by atoms with van der Waals surface area (Å²) in [5.41, 5.74) is 0.0950. The van der Waals surface area contributed by atoms with Gasteiger partial charge in [-0.3, -0.25) is 0 Å². The molecule has 0 radical (unpaired) electrons. The van der Waals surface area contributed by atoms with E-state index in [-0.39, 0.29) is 17.5 Å². The first-order valence-electron chi connectivity index (χ1n) is 5.10. The van der Waals surface area contributed by atoms with E-state index in [2.05, 4.69) is 20.3 Å². The van der Waals surface area contributed by atoms with Gasteiger partial charge in [0.1, 0.15) is 5.82 Å². The third kappa shape index (κ3) is 2.83. The second kappa shape index (κ2) is 4.73. The predicted molar refractivity (Wildman–Crippen MR) is 63.7 cm³/mol. The molecular weight excluding hydrogens is 258 g/mol. The Labute approximate surface area is 104 Å². The second-order valence-electron chi connectivity index (χ2n) is 3.70. The number of nitrogens with zero attached hydrogens (tertiary/aromatic N) is 2. The van der Waals surface area contributed by atoms with Crippen LogP contribution >= 0.6 is 0 Å². The molecule has 1 aliphatic heterocycles. The summed E-state index contributed by atoms with van der Waals surface area (Å²) in [6.45, 7) is 0. The van der Waals surface area contributed by atoms with Crippen molar-refractivity contribution in [2.45, 2.75) is 6.04 Å². The van der Waals surface area contributed by atoms with Gasteiger partial charge in [0.25, 0.3) is 0 Å². The molecular formula is C10H11N3O4S. The lowest BCUT2D eigenvalue weighted by atomic mass is 10.3. The smallest absolute Gasteiger partial charge is 0.358 e. The molecule has 8 heteroatoms. The number of rotatable bonds is 3. The number of nitrogens with one attached hydrogen (secondary N) is 1. The van der Waals surface area contributed by atoms with Crippen molar-refractivity contribution in [3.63, 3.8) is 0 Å². The minimum Gasteiger partial charge on any atom is -0.464 e. The highest BCUT2D eigenvalue weighted by molar-refractivity contribution is 7.94. The zero-order chi connectivity index (χ0) is 13.2. The van der Waals surface area contributed by atoms with Crippen LogP contribution in [0.4, 0.5) is 5.82 Å². The van der Waals surface area contributed by atoms with Gasteiger partial charge in [0, 0.05) is 5.41 Å². The lowest BCUT2D eigenvalue weighted by Gasteiger charge is -2.09. The second-order valence-corrected chi connectivity index (χ2v) is 5.64. The summed E-state index contributed by atoms with van der Waals surface area (Å²) in [5, 5.41) is 11.5. The number of sulfone groups is 1. The van der Waals surface area contributed by atoms with Gasteiger partial charge in [-0.2, -0.15) is 0 Å². The van der Waals surface area contributed by atoms with Crippen LogP contribution in [0.25, 0.3) is 0 Å². The van der Waals surface area contributed by atoms with Crippen LogP contribution in [0.1, 0.15) is 10.5 Å².